The highest BCUT2D eigenvalue weighted by Gasteiger charge is 2.51. The monoisotopic (exact) mass is 314 g/mol. The van der Waals surface area contributed by atoms with Crippen molar-refractivity contribution < 1.29 is 32.6 Å². The smallest absolute Gasteiger partial charge is 0.417 e. The SMILES string of the molecule is CC1(C(=O)O)COC(=O)N1c1ccc(C#N)c(C(F)(F)F)c1. The summed E-state index contributed by atoms with van der Waals surface area (Å²) >= 11 is 0. The standard InChI is InChI=1S/C13H9F3N2O4/c1-12(10(19)20)6-22-11(21)18(12)8-3-2-7(5-17)9(4-8)13(14,15)16/h2-4H,6H2,1H3,(H,19,20). The maximum atomic E-state index is 12.9. The van der Waals surface area contributed by atoms with Crippen LogP contribution in [0, 0.1) is 11.3 Å². The van der Waals surface area contributed by atoms with E-state index >= 15 is 0 Å². The van der Waals surface area contributed by atoms with Crippen LogP contribution >= 0.6 is 0 Å². The molecule has 1 atom stereocenters. The quantitative estimate of drug-likeness (QED) is 0.905. The molecule has 1 saturated heterocycles. The number of anilines is 1. The number of alkyl halides is 3. The van der Waals surface area contributed by atoms with Gasteiger partial charge in [-0.3, -0.25) is 4.90 Å². The van der Waals surface area contributed by atoms with Crippen molar-refractivity contribution in [3.63, 3.8) is 0 Å². The Bertz CT molecular complexity index is 696. The maximum Gasteiger partial charge on any atom is 0.417 e. The summed E-state index contributed by atoms with van der Waals surface area (Å²) < 4.78 is 43.5. The van der Waals surface area contributed by atoms with Gasteiger partial charge in [-0.2, -0.15) is 18.4 Å². The van der Waals surface area contributed by atoms with Gasteiger partial charge in [0.25, 0.3) is 0 Å². The zero-order valence-corrected chi connectivity index (χ0v) is 11.1. The minimum Gasteiger partial charge on any atom is -0.479 e. The first kappa shape index (κ1) is 15.6. The van der Waals surface area contributed by atoms with Gasteiger partial charge < -0.3 is 9.84 Å². The Morgan fingerprint density at radius 3 is 2.64 bits per heavy atom. The Hall–Kier alpha value is -2.76. The fourth-order valence-electron chi connectivity index (χ4n) is 2.08. The van der Waals surface area contributed by atoms with Crippen LogP contribution in [0.3, 0.4) is 0 Å². The van der Waals surface area contributed by atoms with Crippen LogP contribution < -0.4 is 4.90 Å². The topological polar surface area (TPSA) is 90.6 Å². The van der Waals surface area contributed by atoms with Crippen LogP contribution in [-0.2, 0) is 15.7 Å². The van der Waals surface area contributed by atoms with E-state index in [1.54, 1.807) is 0 Å². The second-order valence-corrected chi connectivity index (χ2v) is 4.81. The second-order valence-electron chi connectivity index (χ2n) is 4.81. The van der Waals surface area contributed by atoms with E-state index in [9.17, 15) is 27.9 Å². The number of benzene rings is 1. The van der Waals surface area contributed by atoms with Crippen molar-refractivity contribution in [2.45, 2.75) is 18.6 Å². The molecule has 0 aliphatic carbocycles. The van der Waals surface area contributed by atoms with Gasteiger partial charge in [0.1, 0.15) is 6.61 Å². The summed E-state index contributed by atoms with van der Waals surface area (Å²) in [6, 6.07) is 3.92. The number of carboxylic acid groups (broad SMARTS) is 1. The third-order valence-corrected chi connectivity index (χ3v) is 3.30. The molecule has 1 fully saturated rings. The number of cyclic esters (lactones) is 1. The van der Waals surface area contributed by atoms with Crippen LogP contribution in [0.5, 0.6) is 0 Å². The lowest BCUT2D eigenvalue weighted by Gasteiger charge is -2.28. The molecule has 1 aliphatic rings. The van der Waals surface area contributed by atoms with Crippen molar-refractivity contribution in [2.24, 2.45) is 0 Å². The number of carboxylic acids is 1. The second kappa shape index (κ2) is 4.91. The molecule has 0 aromatic heterocycles. The molecule has 1 N–H and O–H groups in total. The number of carbonyl (C=O) groups excluding carboxylic acids is 1. The predicted octanol–water partition coefficient (Wildman–Crippen LogP) is 2.38. The summed E-state index contributed by atoms with van der Waals surface area (Å²) in [6.45, 7) is 0.661. The molecular weight excluding hydrogens is 305 g/mol. The van der Waals surface area contributed by atoms with E-state index < -0.39 is 41.5 Å². The number of ether oxygens (including phenoxy) is 1. The Balaban J connectivity index is 2.60. The number of carbonyl (C=O) groups is 2. The van der Waals surface area contributed by atoms with Crippen molar-refractivity contribution >= 4 is 17.7 Å². The normalized spacial score (nSPS) is 21.4. The maximum absolute atomic E-state index is 12.9. The minimum atomic E-state index is -4.82. The van der Waals surface area contributed by atoms with Gasteiger partial charge in [0.2, 0.25) is 0 Å². The lowest BCUT2D eigenvalue weighted by molar-refractivity contribution is -0.142. The molecule has 1 aliphatic heterocycles. The van der Waals surface area contributed by atoms with E-state index in [-0.39, 0.29) is 5.69 Å². The molecule has 0 saturated carbocycles. The Labute approximate surface area is 122 Å². The van der Waals surface area contributed by atoms with Gasteiger partial charge >= 0.3 is 18.2 Å². The van der Waals surface area contributed by atoms with Crippen LogP contribution in [0.4, 0.5) is 23.7 Å². The van der Waals surface area contributed by atoms with Crippen LogP contribution in [0.25, 0.3) is 0 Å². The molecule has 1 heterocycles. The van der Waals surface area contributed by atoms with Crippen LogP contribution in [-0.4, -0.2) is 29.3 Å². The third-order valence-electron chi connectivity index (χ3n) is 3.30. The highest BCUT2D eigenvalue weighted by Crippen LogP contribution is 2.37. The van der Waals surface area contributed by atoms with Crippen LogP contribution in [0.15, 0.2) is 18.2 Å². The van der Waals surface area contributed by atoms with E-state index in [4.69, 9.17) is 5.26 Å². The largest absolute Gasteiger partial charge is 0.479 e. The van der Waals surface area contributed by atoms with Crippen LogP contribution in [0.2, 0.25) is 0 Å². The number of hydrogen-bond acceptors (Lipinski definition) is 4. The lowest BCUT2D eigenvalue weighted by Crippen LogP contribution is -2.51. The molecule has 0 spiro atoms. The first-order valence-electron chi connectivity index (χ1n) is 5.93. The molecule has 0 radical (unpaired) electrons. The molecule has 9 heteroatoms. The average Bonchev–Trinajstić information content (AvgIpc) is 2.74. The summed E-state index contributed by atoms with van der Waals surface area (Å²) in [5.41, 5.74) is -4.01. The van der Waals surface area contributed by atoms with E-state index in [1.807, 2.05) is 0 Å². The highest BCUT2D eigenvalue weighted by atomic mass is 19.4. The zero-order chi connectivity index (χ0) is 16.7. The molecule has 1 aromatic carbocycles. The summed E-state index contributed by atoms with van der Waals surface area (Å²) in [5, 5.41) is 17.9. The summed E-state index contributed by atoms with van der Waals surface area (Å²) in [5.74, 6) is -1.42. The molecule has 22 heavy (non-hydrogen) atoms. The average molecular weight is 314 g/mol. The number of nitrogens with zero attached hydrogens (tertiary/aromatic N) is 2. The first-order valence-corrected chi connectivity index (χ1v) is 5.93. The van der Waals surface area contributed by atoms with Crippen molar-refractivity contribution in [2.75, 3.05) is 11.5 Å². The molecule has 1 unspecified atom stereocenters. The number of rotatable bonds is 2. The van der Waals surface area contributed by atoms with Gasteiger partial charge in [-0.25, -0.2) is 9.59 Å². The Morgan fingerprint density at radius 2 is 2.14 bits per heavy atom. The zero-order valence-electron chi connectivity index (χ0n) is 11.1. The molecule has 6 nitrogen and oxygen atoms in total. The fraction of sp³-hybridized carbons (Fsp3) is 0.308. The molecule has 1 amide bonds. The van der Waals surface area contributed by atoms with Crippen molar-refractivity contribution in [1.29, 1.82) is 5.26 Å². The van der Waals surface area contributed by atoms with Crippen molar-refractivity contribution in [3.8, 4) is 6.07 Å². The first-order chi connectivity index (χ1) is 10.1. The van der Waals surface area contributed by atoms with Crippen LogP contribution in [0.1, 0.15) is 18.1 Å². The van der Waals surface area contributed by atoms with Crippen molar-refractivity contribution in [1.82, 2.24) is 0 Å². The van der Waals surface area contributed by atoms with Gasteiger partial charge in [0.05, 0.1) is 17.2 Å². The van der Waals surface area contributed by atoms with E-state index in [2.05, 4.69) is 4.74 Å². The summed E-state index contributed by atoms with van der Waals surface area (Å²) in [6.07, 6.45) is -5.88. The fourth-order valence-corrected chi connectivity index (χ4v) is 2.08. The van der Waals surface area contributed by atoms with E-state index in [0.717, 1.165) is 19.1 Å². The van der Waals surface area contributed by atoms with Crippen molar-refractivity contribution in [3.05, 3.63) is 29.3 Å². The molecule has 2 rings (SSSR count). The number of amides is 1. The molecular formula is C13H9F3N2O4. The van der Waals surface area contributed by atoms with Gasteiger partial charge in [-0.05, 0) is 25.1 Å². The summed E-state index contributed by atoms with van der Waals surface area (Å²) in [4.78, 5) is 23.6. The molecule has 116 valence electrons. The molecule has 0 bridgehead atoms. The lowest BCUT2D eigenvalue weighted by atomic mass is 10.00. The number of halogens is 3. The molecule has 1 aromatic rings. The van der Waals surface area contributed by atoms with E-state index in [1.165, 1.54) is 6.07 Å². The van der Waals surface area contributed by atoms with E-state index in [0.29, 0.717) is 11.0 Å². The van der Waals surface area contributed by atoms with Gasteiger partial charge in [0.15, 0.2) is 5.54 Å². The minimum absolute atomic E-state index is 0.307. The Kier molecular flexibility index (Phi) is 3.48. The third kappa shape index (κ3) is 2.32. The Morgan fingerprint density at radius 1 is 1.50 bits per heavy atom. The predicted molar refractivity (Wildman–Crippen MR) is 66.0 cm³/mol. The summed E-state index contributed by atoms with van der Waals surface area (Å²) in [7, 11) is 0. The number of aliphatic carboxylic acids is 1. The number of nitriles is 1. The van der Waals surface area contributed by atoms with Gasteiger partial charge in [-0.1, -0.05) is 0 Å². The number of hydrogen-bond donors (Lipinski definition) is 1. The van der Waals surface area contributed by atoms with Gasteiger partial charge in [0, 0.05) is 5.69 Å². The highest BCUT2D eigenvalue weighted by molar-refractivity contribution is 6.00. The van der Waals surface area contributed by atoms with Gasteiger partial charge in [-0.15, -0.1) is 0 Å².